The molecule has 3 aromatic rings. The normalized spacial score (nSPS) is 11.9. The Balaban J connectivity index is 0.000000616. The van der Waals surface area contributed by atoms with Crippen LogP contribution in [0.25, 0.3) is 0 Å². The number of nitrogens with one attached hydrogen (secondary N) is 2. The number of pyridine rings is 2. The highest BCUT2D eigenvalue weighted by Crippen LogP contribution is 2.39. The van der Waals surface area contributed by atoms with Crippen LogP contribution in [0.3, 0.4) is 0 Å². The van der Waals surface area contributed by atoms with Gasteiger partial charge in [0, 0.05) is 370 Å². The number of carboxylic acid groups (broad SMARTS) is 1. The summed E-state index contributed by atoms with van der Waals surface area (Å²) in [5.41, 5.74) is -0.130. The summed E-state index contributed by atoms with van der Waals surface area (Å²) < 4.78 is 142. The van der Waals surface area contributed by atoms with Gasteiger partial charge in [-0.25, -0.2) is 24.4 Å². The Kier molecular flexibility index (Phi) is 59.1. The summed E-state index contributed by atoms with van der Waals surface area (Å²) in [5, 5.41) is 22.5. The van der Waals surface area contributed by atoms with Crippen LogP contribution in [0.5, 0.6) is 5.75 Å². The Labute approximate surface area is 837 Å². The molecule has 2 spiro atoms. The number of carboxylic acids is 1. The van der Waals surface area contributed by atoms with Crippen LogP contribution in [0.2, 0.25) is 0 Å². The molecule has 145 heavy (non-hydrogen) atoms. The molecule has 4 saturated heterocycles. The molecule has 17 nitrogen and oxygen atoms in total. The zero-order valence-electron chi connectivity index (χ0n) is 74.8. The first-order chi connectivity index (χ1) is 69.9. The highest BCUT2D eigenvalue weighted by molar-refractivity contribution is 5.73. The average Bonchev–Trinajstić information content (AvgIpc) is 1.67. The molecule has 0 aliphatic carbocycles. The lowest BCUT2D eigenvalue weighted by atomic mass is 9.87. The number of hydrogen-bond acceptors (Lipinski definition) is 14. The Bertz CT molecular complexity index is 7600. The van der Waals surface area contributed by atoms with Crippen molar-refractivity contribution in [3.05, 3.63) is 78.6 Å². The smallest absolute Gasteiger partial charge is 0.490 e. The van der Waals surface area contributed by atoms with Crippen molar-refractivity contribution in [3.8, 4) is 445 Å². The van der Waals surface area contributed by atoms with Crippen LogP contribution in [-0.2, 0) is 35.1 Å². The van der Waals surface area contributed by atoms with Crippen LogP contribution < -0.4 is 15.4 Å². The lowest BCUT2D eigenvalue weighted by Crippen LogP contribution is -2.49. The van der Waals surface area contributed by atoms with Crippen molar-refractivity contribution in [1.82, 2.24) is 19.8 Å². The van der Waals surface area contributed by atoms with Gasteiger partial charge in [0.2, 0.25) is 12.2 Å². The third-order valence-corrected chi connectivity index (χ3v) is 16.1. The number of ether oxygens (including phenoxy) is 6. The number of aliphatic hydroxyl groups is 1. The maximum absolute atomic E-state index is 13.5. The van der Waals surface area contributed by atoms with E-state index in [2.05, 4.69) is 452 Å². The van der Waals surface area contributed by atoms with E-state index in [0.29, 0.717) is 50.2 Å². The molecule has 2 aromatic heterocycles. The van der Waals surface area contributed by atoms with Gasteiger partial charge < -0.3 is 59.1 Å². The monoisotopic (exact) mass is 1920 g/mol. The number of carbonyl (C=O) groups excluding carboxylic acids is 2. The lowest BCUT2D eigenvalue weighted by molar-refractivity contribution is -0.220. The first kappa shape index (κ1) is 117. The van der Waals surface area contributed by atoms with Crippen molar-refractivity contribution in [1.29, 1.82) is 0 Å². The van der Waals surface area contributed by atoms with Crippen LogP contribution in [0, 0.1) is 439 Å². The number of methoxy groups -OCH3 is 1. The zero-order chi connectivity index (χ0) is 104. The molecule has 0 saturated carbocycles. The number of nitrogens with zero attached hydrogens (tertiary/aromatic N) is 4. The number of hydrogen-bond donors (Lipinski definition) is 4. The number of aliphatic hydroxyl groups excluding tert-OH is 1. The number of aliphatic carboxylic acids is 1. The minimum absolute atomic E-state index is 0. The maximum Gasteiger partial charge on any atom is 0.490 e. The zero-order valence-corrected chi connectivity index (χ0v) is 74.8. The van der Waals surface area contributed by atoms with Gasteiger partial charge in [-0.1, -0.05) is 31.7 Å². The van der Waals surface area contributed by atoms with Crippen molar-refractivity contribution in [2.45, 2.75) is 107 Å². The third kappa shape index (κ3) is 58.6. The Morgan fingerprint density at radius 2 is 0.614 bits per heavy atom. The van der Waals surface area contributed by atoms with Crippen LogP contribution in [-0.4, -0.2) is 162 Å². The number of piperidine rings is 2. The number of anilines is 2. The van der Waals surface area contributed by atoms with Gasteiger partial charge in [0.25, 0.3) is 0 Å². The summed E-state index contributed by atoms with van der Waals surface area (Å²) in [6.45, 7) is -0.134. The van der Waals surface area contributed by atoms with Gasteiger partial charge in [-0.15, -0.1) is 12.8 Å². The van der Waals surface area contributed by atoms with Gasteiger partial charge in [-0.05, 0) is 175 Å². The van der Waals surface area contributed by atoms with E-state index in [0.717, 1.165) is 24.5 Å². The number of rotatable bonds is 12. The molecule has 4 N–H and O–H groups in total. The molecule has 0 bridgehead atoms. The minimum Gasteiger partial charge on any atom is -0.497 e. The standard InChI is InChI=1S/C74H2.C25H30F3N3O5.C17H22F3N3O4.C2HF3O2.CH4/c1-3-5-7-9-11-13-15-17-19-21-23-25-27-29-31-33-35-37-39-41-43-45-47-49-51-53-55-57-59-61-63-65-67-69-71-73-74-72-70-68-66-64-62-60-58-56-54-52-50-48-46-44-42-40-38-36-34-32-30-28-26-24-22-20-18-16-14-12-10-8-6-4-2;1-33-20-7-5-18(6-8-20)15-34-17-21(25(26,27)28)36-23(32)31-12-9-24(10-13-31)14-19(16-35-24)30-22-4-2-3-11-29-22;18-17(19,20)13(10-24)27-15(25)23-7-4-16(5-8-23)9-12(11-26-16)22-14-3-1-2-6-21-14;3-2(4,5)1(6)7;/h1-2H;2-8,11,19,21H,9-10,12-17H2,1H3,(H,29,30);1-3,6,12-13,24H,4-5,7-11H2,(H,21,22);(H,6,7);1H4/t;19?,21-;12?,13-;;/m.11../s1. The van der Waals surface area contributed by atoms with Crippen LogP contribution in [0.1, 0.15) is 51.5 Å². The molecule has 7 rings (SSSR count). The predicted octanol–water partition coefficient (Wildman–Crippen LogP) is 8.23. The number of alkyl halides is 9. The number of amides is 2. The largest absolute Gasteiger partial charge is 0.497 e. The Morgan fingerprint density at radius 3 is 0.807 bits per heavy atom. The second-order valence-electron chi connectivity index (χ2n) is 25.7. The Morgan fingerprint density at radius 1 is 0.386 bits per heavy atom. The fourth-order valence-corrected chi connectivity index (χ4v) is 10.1. The molecule has 2 unspecified atom stereocenters. The second-order valence-corrected chi connectivity index (χ2v) is 25.7. The number of aromatic nitrogens is 2. The molecule has 2 amide bonds. The van der Waals surface area contributed by atoms with Crippen molar-refractivity contribution in [2.75, 3.05) is 70.3 Å². The van der Waals surface area contributed by atoms with E-state index < -0.39 is 73.3 Å². The number of benzene rings is 1. The average molecular weight is 1920 g/mol. The second kappa shape index (κ2) is 73.3. The maximum atomic E-state index is 13.5. The van der Waals surface area contributed by atoms with Gasteiger partial charge in [0.1, 0.15) is 17.4 Å². The highest BCUT2D eigenvalue weighted by Gasteiger charge is 2.49. The quantitative estimate of drug-likeness (QED) is 0.0997. The van der Waals surface area contributed by atoms with Gasteiger partial charge in [-0.3, -0.25) is 0 Å². The van der Waals surface area contributed by atoms with E-state index >= 15 is 0 Å². The molecular formula is C119H59F9N6O11. The molecule has 4 aliphatic heterocycles. The predicted molar refractivity (Wildman–Crippen MR) is 524 cm³/mol. The molecule has 4 fully saturated rings. The molecule has 26 heteroatoms. The molecular weight excluding hydrogens is 1860 g/mol. The summed E-state index contributed by atoms with van der Waals surface area (Å²) in [4.78, 5) is 44.4. The summed E-state index contributed by atoms with van der Waals surface area (Å²) in [5.74, 6) is 177. The first-order valence-electron chi connectivity index (χ1n) is 40.1. The fourth-order valence-electron chi connectivity index (χ4n) is 10.1. The fraction of sp³-hybridized carbons (Fsp3) is 0.218. The van der Waals surface area contributed by atoms with Crippen molar-refractivity contribution < 1.29 is 92.5 Å². The van der Waals surface area contributed by atoms with Crippen molar-refractivity contribution in [2.24, 2.45) is 0 Å². The van der Waals surface area contributed by atoms with E-state index in [-0.39, 0.29) is 52.3 Å². The molecule has 1 aromatic carbocycles. The van der Waals surface area contributed by atoms with E-state index in [9.17, 15) is 49.1 Å². The molecule has 694 valence electrons. The first-order valence-corrected chi connectivity index (χ1v) is 40.1. The lowest BCUT2D eigenvalue weighted by Gasteiger charge is -2.38. The molecule has 4 atom stereocenters. The topological polar surface area (TPSA) is 203 Å². The van der Waals surface area contributed by atoms with Crippen LogP contribution in [0.4, 0.5) is 60.7 Å². The summed E-state index contributed by atoms with van der Waals surface area (Å²) in [6.07, 6.45) is -4.72. The summed E-state index contributed by atoms with van der Waals surface area (Å²) >= 11 is 0. The SMILES string of the molecule is C.C#CC#CC#CC#CC#CC#CC#CC#CC#CC#CC#CC#CC#CC#CC#CC#CC#CC#CC#CC#CC#CC#CC#CC#CC#CC#CC#CC#CC#CC#CC#CC#CC#CC#CC#CC#CC#C.COc1ccc(COC[C@@H](OC(=O)N2CCC3(CC2)CC(Nc2ccccn2)CO3)C(F)(F)F)cc1.O=C(O)C(F)(F)F.O=C(O[C@H](CO)C(F)(F)F)N1CCC2(CC1)CC(Nc1ccccn1)CO2. The van der Waals surface area contributed by atoms with Crippen LogP contribution >= 0.6 is 0 Å². The number of carbonyl (C=O) groups is 3. The van der Waals surface area contributed by atoms with Gasteiger partial charge in [-0.2, -0.15) is 39.5 Å². The van der Waals surface area contributed by atoms with E-state index in [1.165, 1.54) is 16.9 Å². The van der Waals surface area contributed by atoms with Gasteiger partial charge >= 0.3 is 36.7 Å². The van der Waals surface area contributed by atoms with Gasteiger partial charge in [0.15, 0.2) is 0 Å². The molecule has 4 aliphatic rings. The summed E-state index contributed by atoms with van der Waals surface area (Å²) in [6, 6.07) is 18.1. The number of halogens is 9. The van der Waals surface area contributed by atoms with Gasteiger partial charge in [0.05, 0.1) is 63.4 Å². The summed E-state index contributed by atoms with van der Waals surface area (Å²) in [7, 11) is 1.52. The number of likely N-dealkylation sites (tertiary alicyclic amines) is 2. The third-order valence-electron chi connectivity index (χ3n) is 16.1. The van der Waals surface area contributed by atoms with Crippen LogP contribution in [0.15, 0.2) is 73.1 Å². The van der Waals surface area contributed by atoms with Crippen molar-refractivity contribution >= 4 is 29.8 Å². The Hall–Kier alpha value is -22.1. The minimum atomic E-state index is -5.08. The van der Waals surface area contributed by atoms with E-state index in [1.807, 2.05) is 36.4 Å². The van der Waals surface area contributed by atoms with E-state index in [1.54, 1.807) is 36.7 Å². The highest BCUT2D eigenvalue weighted by atomic mass is 19.4. The molecule has 6 heterocycles. The molecule has 0 radical (unpaired) electrons. The van der Waals surface area contributed by atoms with Crippen molar-refractivity contribution in [3.63, 3.8) is 0 Å². The van der Waals surface area contributed by atoms with E-state index in [4.69, 9.17) is 51.5 Å². The number of terminal acetylenes is 2.